The van der Waals surface area contributed by atoms with E-state index in [9.17, 15) is 14.4 Å². The van der Waals surface area contributed by atoms with E-state index >= 15 is 0 Å². The molecule has 3 rings (SSSR count). The van der Waals surface area contributed by atoms with E-state index in [4.69, 9.17) is 0 Å². The highest BCUT2D eigenvalue weighted by Crippen LogP contribution is 2.37. The molecule has 140 valence electrons. The molecule has 0 bridgehead atoms. The summed E-state index contributed by atoms with van der Waals surface area (Å²) in [5, 5.41) is 5.80. The smallest absolute Gasteiger partial charge is 0.325 e. The van der Waals surface area contributed by atoms with Crippen LogP contribution in [0.25, 0.3) is 0 Å². The number of hydrogen-bond acceptors (Lipinski definition) is 3. The SMILES string of the molecule is CCC1CCC2(CC1)NC(=O)N(CC(=O)NCC1CCCCC1)C2=O. The molecule has 1 heterocycles. The van der Waals surface area contributed by atoms with Crippen LogP contribution in [0.5, 0.6) is 0 Å². The summed E-state index contributed by atoms with van der Waals surface area (Å²) in [5.74, 6) is 0.743. The molecule has 2 N–H and O–H groups in total. The van der Waals surface area contributed by atoms with Gasteiger partial charge >= 0.3 is 6.03 Å². The third kappa shape index (κ3) is 3.98. The summed E-state index contributed by atoms with van der Waals surface area (Å²) < 4.78 is 0. The fraction of sp³-hybridized carbons (Fsp3) is 0.842. The second-order valence-corrected chi connectivity index (χ2v) is 8.06. The number of carbonyl (C=O) groups excluding carboxylic acids is 3. The number of amides is 4. The molecule has 0 aromatic rings. The van der Waals surface area contributed by atoms with Gasteiger partial charge in [-0.3, -0.25) is 14.5 Å². The maximum Gasteiger partial charge on any atom is 0.325 e. The van der Waals surface area contributed by atoms with E-state index in [1.807, 2.05) is 0 Å². The van der Waals surface area contributed by atoms with Gasteiger partial charge in [0.25, 0.3) is 5.91 Å². The van der Waals surface area contributed by atoms with Gasteiger partial charge in [0.15, 0.2) is 0 Å². The van der Waals surface area contributed by atoms with E-state index in [0.717, 1.165) is 37.0 Å². The van der Waals surface area contributed by atoms with Gasteiger partial charge < -0.3 is 10.6 Å². The van der Waals surface area contributed by atoms with Gasteiger partial charge in [0.2, 0.25) is 5.91 Å². The van der Waals surface area contributed by atoms with Crippen LogP contribution in [-0.4, -0.2) is 41.4 Å². The molecule has 2 aliphatic carbocycles. The fourth-order valence-corrected chi connectivity index (χ4v) is 4.59. The summed E-state index contributed by atoms with van der Waals surface area (Å²) in [6.07, 6.45) is 10.5. The third-order valence-corrected chi connectivity index (χ3v) is 6.40. The maximum atomic E-state index is 12.8. The Bertz CT molecular complexity index is 520. The van der Waals surface area contributed by atoms with Crippen molar-refractivity contribution in [2.75, 3.05) is 13.1 Å². The first-order chi connectivity index (χ1) is 12.0. The summed E-state index contributed by atoms with van der Waals surface area (Å²) >= 11 is 0. The lowest BCUT2D eigenvalue weighted by atomic mass is 9.75. The van der Waals surface area contributed by atoms with E-state index < -0.39 is 11.6 Å². The minimum Gasteiger partial charge on any atom is -0.354 e. The third-order valence-electron chi connectivity index (χ3n) is 6.40. The van der Waals surface area contributed by atoms with Gasteiger partial charge in [0.05, 0.1) is 0 Å². The normalized spacial score (nSPS) is 30.6. The second-order valence-electron chi connectivity index (χ2n) is 8.06. The van der Waals surface area contributed by atoms with Gasteiger partial charge in [-0.1, -0.05) is 32.6 Å². The van der Waals surface area contributed by atoms with Gasteiger partial charge in [-0.25, -0.2) is 4.79 Å². The Kier molecular flexibility index (Phi) is 5.64. The molecule has 1 spiro atoms. The van der Waals surface area contributed by atoms with Gasteiger partial charge in [0.1, 0.15) is 12.1 Å². The Balaban J connectivity index is 1.51. The molecular weight excluding hydrogens is 318 g/mol. The number of carbonyl (C=O) groups is 3. The number of urea groups is 1. The Labute approximate surface area is 150 Å². The standard InChI is InChI=1S/C19H31N3O3/c1-2-14-8-10-19(11-9-14)17(24)22(18(25)21-19)13-16(23)20-12-15-6-4-3-5-7-15/h14-15H,2-13H2,1H3,(H,20,23)(H,21,25). The zero-order valence-electron chi connectivity index (χ0n) is 15.3. The van der Waals surface area contributed by atoms with Crippen LogP contribution in [0.3, 0.4) is 0 Å². The molecule has 0 unspecified atom stereocenters. The van der Waals surface area contributed by atoms with Crippen molar-refractivity contribution in [3.05, 3.63) is 0 Å². The average molecular weight is 349 g/mol. The van der Waals surface area contributed by atoms with E-state index in [0.29, 0.717) is 31.2 Å². The molecule has 1 saturated heterocycles. The number of nitrogens with zero attached hydrogens (tertiary/aromatic N) is 1. The Morgan fingerprint density at radius 3 is 2.44 bits per heavy atom. The van der Waals surface area contributed by atoms with Crippen LogP contribution in [0.4, 0.5) is 4.79 Å². The van der Waals surface area contributed by atoms with Crippen molar-refractivity contribution in [1.29, 1.82) is 0 Å². The summed E-state index contributed by atoms with van der Waals surface area (Å²) in [5.41, 5.74) is -0.758. The van der Waals surface area contributed by atoms with E-state index in [2.05, 4.69) is 17.6 Å². The van der Waals surface area contributed by atoms with Crippen LogP contribution >= 0.6 is 0 Å². The second kappa shape index (κ2) is 7.75. The molecule has 6 heteroatoms. The summed E-state index contributed by atoms with van der Waals surface area (Å²) in [6.45, 7) is 2.67. The molecule has 0 aromatic carbocycles. The van der Waals surface area contributed by atoms with Crippen LogP contribution in [0, 0.1) is 11.8 Å². The Morgan fingerprint density at radius 2 is 1.80 bits per heavy atom. The topological polar surface area (TPSA) is 78.5 Å². The highest BCUT2D eigenvalue weighted by Gasteiger charge is 2.52. The Hall–Kier alpha value is -1.59. The molecule has 0 atom stereocenters. The molecule has 25 heavy (non-hydrogen) atoms. The lowest BCUT2D eigenvalue weighted by molar-refractivity contribution is -0.136. The van der Waals surface area contributed by atoms with Crippen molar-refractivity contribution in [3.63, 3.8) is 0 Å². The molecule has 1 aliphatic heterocycles. The van der Waals surface area contributed by atoms with Crippen molar-refractivity contribution in [3.8, 4) is 0 Å². The molecule has 2 saturated carbocycles. The molecule has 3 aliphatic rings. The van der Waals surface area contributed by atoms with Crippen molar-refractivity contribution in [1.82, 2.24) is 15.5 Å². The van der Waals surface area contributed by atoms with Crippen LogP contribution < -0.4 is 10.6 Å². The summed E-state index contributed by atoms with van der Waals surface area (Å²) in [7, 11) is 0. The number of imide groups is 1. The Morgan fingerprint density at radius 1 is 1.12 bits per heavy atom. The highest BCUT2D eigenvalue weighted by molar-refractivity contribution is 6.09. The van der Waals surface area contributed by atoms with E-state index in [1.54, 1.807) is 0 Å². The van der Waals surface area contributed by atoms with E-state index in [1.165, 1.54) is 19.3 Å². The number of hydrogen-bond donors (Lipinski definition) is 2. The van der Waals surface area contributed by atoms with Crippen molar-refractivity contribution in [2.45, 2.75) is 76.7 Å². The first-order valence-corrected chi connectivity index (χ1v) is 9.95. The number of rotatable bonds is 5. The fourth-order valence-electron chi connectivity index (χ4n) is 4.59. The first-order valence-electron chi connectivity index (χ1n) is 9.95. The quantitative estimate of drug-likeness (QED) is 0.749. The minimum absolute atomic E-state index is 0.156. The lowest BCUT2D eigenvalue weighted by Gasteiger charge is -2.34. The van der Waals surface area contributed by atoms with Crippen LogP contribution in [0.1, 0.15) is 71.1 Å². The zero-order chi connectivity index (χ0) is 17.9. The monoisotopic (exact) mass is 349 g/mol. The largest absolute Gasteiger partial charge is 0.354 e. The van der Waals surface area contributed by atoms with Crippen LogP contribution in [0.2, 0.25) is 0 Å². The van der Waals surface area contributed by atoms with Gasteiger partial charge in [-0.2, -0.15) is 0 Å². The van der Waals surface area contributed by atoms with Gasteiger partial charge in [-0.05, 0) is 50.4 Å². The maximum absolute atomic E-state index is 12.8. The molecule has 0 radical (unpaired) electrons. The van der Waals surface area contributed by atoms with Crippen LogP contribution in [0.15, 0.2) is 0 Å². The molecule has 3 fully saturated rings. The number of nitrogens with one attached hydrogen (secondary N) is 2. The minimum atomic E-state index is -0.758. The van der Waals surface area contributed by atoms with Crippen molar-refractivity contribution in [2.24, 2.45) is 11.8 Å². The first kappa shape index (κ1) is 18.2. The predicted molar refractivity (Wildman–Crippen MR) is 94.8 cm³/mol. The highest BCUT2D eigenvalue weighted by atomic mass is 16.2. The van der Waals surface area contributed by atoms with Crippen molar-refractivity contribution < 1.29 is 14.4 Å². The predicted octanol–water partition coefficient (Wildman–Crippen LogP) is 2.57. The van der Waals surface area contributed by atoms with Gasteiger partial charge in [-0.15, -0.1) is 0 Å². The average Bonchev–Trinajstić information content (AvgIpc) is 2.86. The van der Waals surface area contributed by atoms with E-state index in [-0.39, 0.29) is 18.4 Å². The van der Waals surface area contributed by atoms with Crippen molar-refractivity contribution >= 4 is 17.8 Å². The summed E-state index contributed by atoms with van der Waals surface area (Å²) in [4.78, 5) is 38.4. The van der Waals surface area contributed by atoms with Gasteiger partial charge in [0, 0.05) is 6.54 Å². The molecule has 6 nitrogen and oxygen atoms in total. The molecule has 4 amide bonds. The summed E-state index contributed by atoms with van der Waals surface area (Å²) in [6, 6.07) is -0.409. The molecule has 0 aromatic heterocycles. The molecular formula is C19H31N3O3. The van der Waals surface area contributed by atoms with Crippen LogP contribution in [-0.2, 0) is 9.59 Å². The zero-order valence-corrected chi connectivity index (χ0v) is 15.3. The lowest BCUT2D eigenvalue weighted by Crippen LogP contribution is -2.50.